The van der Waals surface area contributed by atoms with Gasteiger partial charge in [-0.1, -0.05) is 6.07 Å². The molecule has 4 aromatic rings. The first-order valence-electron chi connectivity index (χ1n) is 7.69. The Balaban J connectivity index is 2.10. The Kier molecular flexibility index (Phi) is 3.90. The van der Waals surface area contributed by atoms with Gasteiger partial charge in [-0.2, -0.15) is 21.6 Å². The first kappa shape index (κ1) is 18.3. The Hall–Kier alpha value is -3.06. The highest BCUT2D eigenvalue weighted by atomic mass is 32.2. The standard InChI is InChI=1S/C16H12N4O6S2/c17-9-1-3-10(4-2-9)20-18-14-6-5-12-13(16(14)19-20)7-11(27(21,22)23)8-15(12)28(24,25)26/h1-8H,17H2,(H,21,22,23)(H,24,25,26). The normalized spacial score (nSPS) is 12.6. The molecule has 3 aromatic carbocycles. The van der Waals surface area contributed by atoms with E-state index < -0.39 is 30.0 Å². The van der Waals surface area contributed by atoms with E-state index in [2.05, 4.69) is 10.2 Å². The van der Waals surface area contributed by atoms with Crippen LogP contribution in [0.4, 0.5) is 5.69 Å². The Morgan fingerprint density at radius 2 is 1.50 bits per heavy atom. The van der Waals surface area contributed by atoms with Crippen LogP contribution in [0, 0.1) is 0 Å². The van der Waals surface area contributed by atoms with Crippen molar-refractivity contribution in [2.75, 3.05) is 5.73 Å². The molecule has 0 atom stereocenters. The number of nitrogens with zero attached hydrogens (tertiary/aromatic N) is 3. The predicted octanol–water partition coefficient (Wildman–Crippen LogP) is 1.65. The second kappa shape index (κ2) is 5.97. The fourth-order valence-corrected chi connectivity index (χ4v) is 4.18. The SMILES string of the molecule is Nc1ccc(-n2nc3ccc4c(S(=O)(=O)O)cc(S(=O)(=O)O)cc4c3n2)cc1. The molecule has 4 N–H and O–H groups in total. The van der Waals surface area contributed by atoms with Crippen molar-refractivity contribution in [1.29, 1.82) is 0 Å². The number of anilines is 1. The molecule has 28 heavy (non-hydrogen) atoms. The Labute approximate surface area is 158 Å². The molecule has 0 bridgehead atoms. The molecule has 0 spiro atoms. The van der Waals surface area contributed by atoms with Crippen molar-refractivity contribution in [3.05, 3.63) is 48.5 Å². The van der Waals surface area contributed by atoms with Crippen molar-refractivity contribution in [3.8, 4) is 5.69 Å². The highest BCUT2D eigenvalue weighted by molar-refractivity contribution is 7.86. The van der Waals surface area contributed by atoms with Crippen molar-refractivity contribution < 1.29 is 25.9 Å². The number of aromatic nitrogens is 3. The molecule has 0 radical (unpaired) electrons. The molecule has 10 nitrogen and oxygen atoms in total. The van der Waals surface area contributed by atoms with Crippen LogP contribution in [0.2, 0.25) is 0 Å². The van der Waals surface area contributed by atoms with E-state index in [0.717, 1.165) is 6.07 Å². The van der Waals surface area contributed by atoms with Crippen LogP contribution in [0.5, 0.6) is 0 Å². The summed E-state index contributed by atoms with van der Waals surface area (Å²) in [5.74, 6) is 0. The molecule has 0 fully saturated rings. The predicted molar refractivity (Wildman–Crippen MR) is 100 cm³/mol. The van der Waals surface area contributed by atoms with Gasteiger partial charge in [-0.05, 0) is 42.5 Å². The number of hydrogen-bond acceptors (Lipinski definition) is 7. The molecule has 0 amide bonds. The van der Waals surface area contributed by atoms with Crippen LogP contribution in [0.15, 0.2) is 58.3 Å². The van der Waals surface area contributed by atoms with Crippen molar-refractivity contribution in [2.45, 2.75) is 9.79 Å². The van der Waals surface area contributed by atoms with Crippen LogP contribution in [-0.4, -0.2) is 40.9 Å². The zero-order valence-electron chi connectivity index (χ0n) is 13.9. The van der Waals surface area contributed by atoms with Gasteiger partial charge in [0, 0.05) is 16.5 Å². The van der Waals surface area contributed by atoms with Crippen LogP contribution in [0.25, 0.3) is 27.5 Å². The zero-order chi connectivity index (χ0) is 20.3. The average molecular weight is 420 g/mol. The van der Waals surface area contributed by atoms with Crippen molar-refractivity contribution >= 4 is 47.7 Å². The lowest BCUT2D eigenvalue weighted by Crippen LogP contribution is -2.04. The van der Waals surface area contributed by atoms with E-state index in [1.54, 1.807) is 24.3 Å². The quantitative estimate of drug-likeness (QED) is 0.330. The molecule has 1 heterocycles. The lowest BCUT2D eigenvalue weighted by molar-refractivity contribution is 0.482. The summed E-state index contributed by atoms with van der Waals surface area (Å²) in [6, 6.07) is 11.2. The number of benzene rings is 3. The van der Waals surface area contributed by atoms with E-state index in [9.17, 15) is 25.9 Å². The van der Waals surface area contributed by atoms with Gasteiger partial charge in [-0.25, -0.2) is 0 Å². The molecule has 0 aliphatic rings. The minimum absolute atomic E-state index is 0.0340. The van der Waals surface area contributed by atoms with Gasteiger partial charge in [0.15, 0.2) is 0 Å². The van der Waals surface area contributed by atoms with Gasteiger partial charge in [0.1, 0.15) is 15.9 Å². The first-order valence-corrected chi connectivity index (χ1v) is 10.6. The van der Waals surface area contributed by atoms with Gasteiger partial charge in [-0.3, -0.25) is 9.11 Å². The number of nitrogens with two attached hydrogens (primary N) is 1. The highest BCUT2D eigenvalue weighted by Crippen LogP contribution is 2.31. The van der Waals surface area contributed by atoms with E-state index in [1.807, 2.05) is 0 Å². The van der Waals surface area contributed by atoms with Gasteiger partial charge >= 0.3 is 0 Å². The summed E-state index contributed by atoms with van der Waals surface area (Å²) in [6.07, 6.45) is 0. The summed E-state index contributed by atoms with van der Waals surface area (Å²) >= 11 is 0. The van der Waals surface area contributed by atoms with Gasteiger partial charge in [0.05, 0.1) is 10.6 Å². The van der Waals surface area contributed by atoms with Crippen LogP contribution < -0.4 is 5.73 Å². The maximum atomic E-state index is 11.7. The van der Waals surface area contributed by atoms with E-state index in [1.165, 1.54) is 16.9 Å². The molecule has 0 unspecified atom stereocenters. The number of fused-ring (bicyclic) bond motifs is 3. The summed E-state index contributed by atoms with van der Waals surface area (Å²) in [6.45, 7) is 0. The molecule has 4 rings (SSSR count). The van der Waals surface area contributed by atoms with E-state index in [4.69, 9.17) is 5.73 Å². The largest absolute Gasteiger partial charge is 0.399 e. The smallest absolute Gasteiger partial charge is 0.295 e. The third kappa shape index (κ3) is 3.07. The van der Waals surface area contributed by atoms with Crippen molar-refractivity contribution in [3.63, 3.8) is 0 Å². The third-order valence-electron chi connectivity index (χ3n) is 4.12. The van der Waals surface area contributed by atoms with Crippen molar-refractivity contribution in [1.82, 2.24) is 15.0 Å². The summed E-state index contributed by atoms with van der Waals surface area (Å²) < 4.78 is 65.5. The van der Waals surface area contributed by atoms with Gasteiger partial charge < -0.3 is 5.73 Å². The lowest BCUT2D eigenvalue weighted by atomic mass is 10.1. The number of nitrogen functional groups attached to an aromatic ring is 1. The van der Waals surface area contributed by atoms with Crippen LogP contribution in [0.3, 0.4) is 0 Å². The average Bonchev–Trinajstić information content (AvgIpc) is 3.04. The minimum atomic E-state index is -4.78. The Morgan fingerprint density at radius 3 is 2.11 bits per heavy atom. The van der Waals surface area contributed by atoms with Gasteiger partial charge in [0.2, 0.25) is 0 Å². The number of rotatable bonds is 3. The van der Waals surface area contributed by atoms with Gasteiger partial charge in [0.25, 0.3) is 20.2 Å². The summed E-state index contributed by atoms with van der Waals surface area (Å²) in [5, 5.41) is 8.71. The zero-order valence-corrected chi connectivity index (χ0v) is 15.5. The van der Waals surface area contributed by atoms with Gasteiger partial charge in [-0.15, -0.1) is 10.2 Å². The highest BCUT2D eigenvalue weighted by Gasteiger charge is 2.22. The minimum Gasteiger partial charge on any atom is -0.399 e. The second-order valence-corrected chi connectivity index (χ2v) is 8.79. The molecule has 144 valence electrons. The molecule has 1 aromatic heterocycles. The first-order chi connectivity index (χ1) is 13.0. The van der Waals surface area contributed by atoms with E-state index in [-0.39, 0.29) is 16.3 Å². The molecule has 0 aliphatic carbocycles. The van der Waals surface area contributed by atoms with E-state index >= 15 is 0 Å². The van der Waals surface area contributed by atoms with Crippen LogP contribution in [-0.2, 0) is 20.2 Å². The fraction of sp³-hybridized carbons (Fsp3) is 0. The Morgan fingerprint density at radius 1 is 0.821 bits per heavy atom. The maximum Gasteiger partial charge on any atom is 0.295 e. The van der Waals surface area contributed by atoms with E-state index in [0.29, 0.717) is 23.0 Å². The lowest BCUT2D eigenvalue weighted by Gasteiger charge is -2.07. The maximum absolute atomic E-state index is 11.7. The fourth-order valence-electron chi connectivity index (χ4n) is 2.84. The molecular weight excluding hydrogens is 408 g/mol. The molecule has 0 saturated carbocycles. The summed E-state index contributed by atoms with van der Waals surface area (Å²) in [5.41, 5.74) is 7.30. The third-order valence-corrected chi connectivity index (χ3v) is 5.84. The molecule has 0 aliphatic heterocycles. The molecule has 0 saturated heterocycles. The topological polar surface area (TPSA) is 165 Å². The second-order valence-electron chi connectivity index (χ2n) is 5.98. The summed E-state index contributed by atoms with van der Waals surface area (Å²) in [7, 11) is -9.52. The number of hydrogen-bond donors (Lipinski definition) is 3. The monoisotopic (exact) mass is 420 g/mol. The van der Waals surface area contributed by atoms with Crippen molar-refractivity contribution in [2.24, 2.45) is 0 Å². The summed E-state index contributed by atoms with van der Waals surface area (Å²) in [4.78, 5) is -0.0831. The van der Waals surface area contributed by atoms with Crippen LogP contribution >= 0.6 is 0 Å². The Bertz CT molecular complexity index is 1460. The molecule has 12 heteroatoms. The van der Waals surface area contributed by atoms with Crippen LogP contribution in [0.1, 0.15) is 0 Å². The molecular formula is C16H12N4O6S2.